The number of nitrogens with zero attached hydrogens (tertiary/aromatic N) is 1. The van der Waals surface area contributed by atoms with E-state index in [-0.39, 0.29) is 5.91 Å². The molecule has 1 unspecified atom stereocenters. The van der Waals surface area contributed by atoms with E-state index in [1.165, 1.54) is 16.0 Å². The summed E-state index contributed by atoms with van der Waals surface area (Å²) in [6.07, 6.45) is 4.21. The number of hydrogen-bond donors (Lipinski definition) is 0. The van der Waals surface area contributed by atoms with Gasteiger partial charge in [-0.3, -0.25) is 4.79 Å². The topological polar surface area (TPSA) is 20.3 Å². The van der Waals surface area contributed by atoms with Crippen LogP contribution in [0.2, 0.25) is 0 Å². The Hall–Kier alpha value is -1.61. The van der Waals surface area contributed by atoms with Gasteiger partial charge in [-0.2, -0.15) is 0 Å². The Kier molecular flexibility index (Phi) is 4.63. The molecule has 0 spiro atoms. The number of benzene rings is 1. The van der Waals surface area contributed by atoms with Crippen molar-refractivity contribution in [1.82, 2.24) is 4.90 Å². The zero-order valence-electron chi connectivity index (χ0n) is 13.3. The van der Waals surface area contributed by atoms with Gasteiger partial charge >= 0.3 is 0 Å². The zero-order chi connectivity index (χ0) is 15.5. The maximum atomic E-state index is 12.9. The van der Waals surface area contributed by atoms with Crippen molar-refractivity contribution in [3.8, 4) is 0 Å². The standard InChI is InChI=1S/C19H23NOS/c1-3-16-13-18(22-14(16)2)19(21)20-11-7-10-17(20)12-15-8-5-4-6-9-15/h4-6,8-9,13,17H,3,7,10-12H2,1-2H3. The lowest BCUT2D eigenvalue weighted by Crippen LogP contribution is -2.36. The molecule has 0 N–H and O–H groups in total. The van der Waals surface area contributed by atoms with Gasteiger partial charge < -0.3 is 4.90 Å². The van der Waals surface area contributed by atoms with Crippen LogP contribution < -0.4 is 0 Å². The Morgan fingerprint density at radius 2 is 2.09 bits per heavy atom. The minimum absolute atomic E-state index is 0.228. The molecule has 116 valence electrons. The summed E-state index contributed by atoms with van der Waals surface area (Å²) in [5, 5.41) is 0. The Labute approximate surface area is 136 Å². The number of aryl methyl sites for hydroxylation is 2. The lowest BCUT2D eigenvalue weighted by molar-refractivity contribution is 0.0741. The zero-order valence-corrected chi connectivity index (χ0v) is 14.2. The van der Waals surface area contributed by atoms with Gasteiger partial charge in [0.2, 0.25) is 0 Å². The van der Waals surface area contributed by atoms with Crippen molar-refractivity contribution in [2.24, 2.45) is 0 Å². The number of likely N-dealkylation sites (tertiary alicyclic amines) is 1. The first-order valence-corrected chi connectivity index (χ1v) is 8.95. The first-order valence-electron chi connectivity index (χ1n) is 8.13. The van der Waals surface area contributed by atoms with Crippen LogP contribution in [-0.2, 0) is 12.8 Å². The molecule has 1 aliphatic rings. The molecule has 0 radical (unpaired) electrons. The normalized spacial score (nSPS) is 17.9. The molecule has 2 heterocycles. The SMILES string of the molecule is CCc1cc(C(=O)N2CCCC2Cc2ccccc2)sc1C. The second-order valence-corrected chi connectivity index (χ2v) is 7.29. The summed E-state index contributed by atoms with van der Waals surface area (Å²) in [6, 6.07) is 13.0. The third kappa shape index (κ3) is 3.09. The quantitative estimate of drug-likeness (QED) is 0.815. The van der Waals surface area contributed by atoms with Gasteiger partial charge in [-0.15, -0.1) is 11.3 Å². The van der Waals surface area contributed by atoms with Crippen molar-refractivity contribution in [2.75, 3.05) is 6.54 Å². The molecule has 0 saturated carbocycles. The highest BCUT2D eigenvalue weighted by atomic mass is 32.1. The van der Waals surface area contributed by atoms with Gasteiger partial charge in [-0.25, -0.2) is 0 Å². The average molecular weight is 313 g/mol. The number of hydrogen-bond acceptors (Lipinski definition) is 2. The van der Waals surface area contributed by atoms with Gasteiger partial charge in [0.15, 0.2) is 0 Å². The van der Waals surface area contributed by atoms with Crippen LogP contribution in [0.1, 0.15) is 45.4 Å². The van der Waals surface area contributed by atoms with Gasteiger partial charge in [-0.1, -0.05) is 37.3 Å². The number of rotatable bonds is 4. The molecule has 1 saturated heterocycles. The van der Waals surface area contributed by atoms with E-state index in [2.05, 4.69) is 49.1 Å². The largest absolute Gasteiger partial charge is 0.335 e. The first kappa shape index (κ1) is 15.3. The van der Waals surface area contributed by atoms with E-state index < -0.39 is 0 Å². The molecule has 2 aromatic rings. The van der Waals surface area contributed by atoms with Crippen molar-refractivity contribution in [3.63, 3.8) is 0 Å². The highest BCUT2D eigenvalue weighted by Crippen LogP contribution is 2.28. The lowest BCUT2D eigenvalue weighted by atomic mass is 10.0. The van der Waals surface area contributed by atoms with Crippen LogP contribution >= 0.6 is 11.3 Å². The highest BCUT2D eigenvalue weighted by molar-refractivity contribution is 7.14. The molecule has 1 fully saturated rings. The molecule has 1 aliphatic heterocycles. The van der Waals surface area contributed by atoms with Gasteiger partial charge in [0.25, 0.3) is 5.91 Å². The highest BCUT2D eigenvalue weighted by Gasteiger charge is 2.30. The first-order chi connectivity index (χ1) is 10.7. The summed E-state index contributed by atoms with van der Waals surface area (Å²) in [5.74, 6) is 0.228. The molecule has 0 aliphatic carbocycles. The molecule has 1 atom stereocenters. The Morgan fingerprint density at radius 1 is 1.32 bits per heavy atom. The third-order valence-electron chi connectivity index (χ3n) is 4.56. The molecule has 1 amide bonds. The predicted octanol–water partition coefficient (Wildman–Crippen LogP) is 4.47. The molecule has 3 heteroatoms. The van der Waals surface area contributed by atoms with Crippen molar-refractivity contribution in [3.05, 3.63) is 57.3 Å². The van der Waals surface area contributed by atoms with Gasteiger partial charge in [-0.05, 0) is 49.8 Å². The van der Waals surface area contributed by atoms with Crippen LogP contribution in [0, 0.1) is 6.92 Å². The van der Waals surface area contributed by atoms with E-state index in [1.54, 1.807) is 11.3 Å². The number of carbonyl (C=O) groups excluding carboxylic acids is 1. The third-order valence-corrected chi connectivity index (χ3v) is 5.65. The van der Waals surface area contributed by atoms with E-state index in [0.717, 1.165) is 37.1 Å². The van der Waals surface area contributed by atoms with Crippen LogP contribution in [0.15, 0.2) is 36.4 Å². The maximum absolute atomic E-state index is 12.9. The van der Waals surface area contributed by atoms with E-state index >= 15 is 0 Å². The van der Waals surface area contributed by atoms with E-state index in [0.29, 0.717) is 6.04 Å². The predicted molar refractivity (Wildman–Crippen MR) is 92.6 cm³/mol. The Morgan fingerprint density at radius 3 is 2.77 bits per heavy atom. The molecule has 3 rings (SSSR count). The van der Waals surface area contributed by atoms with Crippen molar-refractivity contribution >= 4 is 17.2 Å². The summed E-state index contributed by atoms with van der Waals surface area (Å²) in [4.78, 5) is 17.2. The van der Waals surface area contributed by atoms with Crippen molar-refractivity contribution in [1.29, 1.82) is 0 Å². The molecule has 0 bridgehead atoms. The summed E-state index contributed by atoms with van der Waals surface area (Å²) in [5.41, 5.74) is 2.64. The van der Waals surface area contributed by atoms with Crippen LogP contribution in [0.5, 0.6) is 0 Å². The average Bonchev–Trinajstić information content (AvgIpc) is 3.14. The van der Waals surface area contributed by atoms with E-state index in [4.69, 9.17) is 0 Å². The van der Waals surface area contributed by atoms with Crippen molar-refractivity contribution < 1.29 is 4.79 Å². The fraction of sp³-hybridized carbons (Fsp3) is 0.421. The number of carbonyl (C=O) groups is 1. The molecule has 22 heavy (non-hydrogen) atoms. The summed E-state index contributed by atoms with van der Waals surface area (Å²) in [6.45, 7) is 5.16. The summed E-state index contributed by atoms with van der Waals surface area (Å²) < 4.78 is 0. The fourth-order valence-corrected chi connectivity index (χ4v) is 4.39. The van der Waals surface area contributed by atoms with E-state index in [9.17, 15) is 4.79 Å². The number of thiophene rings is 1. The minimum Gasteiger partial charge on any atom is -0.335 e. The minimum atomic E-state index is 0.228. The molecule has 1 aromatic heterocycles. The Balaban J connectivity index is 1.75. The van der Waals surface area contributed by atoms with Gasteiger partial charge in [0.1, 0.15) is 0 Å². The van der Waals surface area contributed by atoms with Crippen LogP contribution in [0.25, 0.3) is 0 Å². The van der Waals surface area contributed by atoms with Gasteiger partial charge in [0.05, 0.1) is 4.88 Å². The Bertz CT molecular complexity index is 647. The van der Waals surface area contributed by atoms with Crippen LogP contribution in [0.4, 0.5) is 0 Å². The van der Waals surface area contributed by atoms with Gasteiger partial charge in [0, 0.05) is 17.5 Å². The van der Waals surface area contributed by atoms with Crippen LogP contribution in [0.3, 0.4) is 0 Å². The van der Waals surface area contributed by atoms with Crippen LogP contribution in [-0.4, -0.2) is 23.4 Å². The molecular formula is C19H23NOS. The smallest absolute Gasteiger partial charge is 0.264 e. The monoisotopic (exact) mass is 313 g/mol. The summed E-state index contributed by atoms with van der Waals surface area (Å²) in [7, 11) is 0. The molecule has 2 nitrogen and oxygen atoms in total. The molecule has 1 aromatic carbocycles. The van der Waals surface area contributed by atoms with E-state index in [1.807, 2.05) is 6.07 Å². The summed E-state index contributed by atoms with van der Waals surface area (Å²) >= 11 is 1.65. The number of amides is 1. The lowest BCUT2D eigenvalue weighted by Gasteiger charge is -2.24. The molecular weight excluding hydrogens is 290 g/mol. The van der Waals surface area contributed by atoms with Crippen molar-refractivity contribution in [2.45, 2.75) is 45.6 Å². The maximum Gasteiger partial charge on any atom is 0.264 e. The second kappa shape index (κ2) is 6.66. The fourth-order valence-electron chi connectivity index (χ4n) is 3.32. The second-order valence-electron chi connectivity index (χ2n) is 6.03.